The molecule has 4 aromatic rings. The third-order valence-electron chi connectivity index (χ3n) is 5.01. The summed E-state index contributed by atoms with van der Waals surface area (Å²) in [6.45, 7) is 0.0919. The van der Waals surface area contributed by atoms with Gasteiger partial charge in [-0.25, -0.2) is 10.1 Å². The average Bonchev–Trinajstić information content (AvgIpc) is 3.62. The highest BCUT2D eigenvalue weighted by atomic mass is 16.7. The number of hydrogen-bond acceptors (Lipinski definition) is 12. The monoisotopic (exact) mass is 478 g/mol. The van der Waals surface area contributed by atoms with Crippen molar-refractivity contribution in [2.45, 2.75) is 0 Å². The minimum absolute atomic E-state index is 0.0321. The van der Waals surface area contributed by atoms with Gasteiger partial charge in [0.25, 0.3) is 5.91 Å². The van der Waals surface area contributed by atoms with E-state index in [1.165, 1.54) is 18.0 Å². The first-order chi connectivity index (χ1) is 17.1. The number of hydrogen-bond donors (Lipinski definition) is 2. The van der Waals surface area contributed by atoms with Gasteiger partial charge in [-0.15, -0.1) is 5.10 Å². The first kappa shape index (κ1) is 21.7. The quantitative estimate of drug-likeness (QED) is 0.290. The normalized spacial score (nSPS) is 12.2. The molecule has 35 heavy (non-hydrogen) atoms. The van der Waals surface area contributed by atoms with Crippen molar-refractivity contribution in [1.29, 1.82) is 0 Å². The number of benzene rings is 2. The third kappa shape index (κ3) is 4.03. The molecule has 0 spiro atoms. The third-order valence-corrected chi connectivity index (χ3v) is 5.01. The molecular formula is C21H18N8O6. The molecule has 3 heterocycles. The van der Waals surface area contributed by atoms with E-state index in [1.54, 1.807) is 43.5 Å². The summed E-state index contributed by atoms with van der Waals surface area (Å²) in [6.07, 6.45) is 1.45. The van der Waals surface area contributed by atoms with Crippen molar-refractivity contribution in [2.75, 3.05) is 26.7 Å². The Morgan fingerprint density at radius 2 is 1.94 bits per heavy atom. The largest absolute Gasteiger partial charge is 0.493 e. The zero-order chi connectivity index (χ0) is 24.4. The van der Waals surface area contributed by atoms with Gasteiger partial charge < -0.3 is 24.7 Å². The maximum Gasteiger partial charge on any atom is 0.294 e. The lowest BCUT2D eigenvalue weighted by molar-refractivity contribution is 0.0950. The van der Waals surface area contributed by atoms with Gasteiger partial charge in [0, 0.05) is 5.56 Å². The van der Waals surface area contributed by atoms with E-state index in [2.05, 4.69) is 35.8 Å². The molecular weight excluding hydrogens is 460 g/mol. The fourth-order valence-electron chi connectivity index (χ4n) is 3.38. The molecule has 14 nitrogen and oxygen atoms in total. The zero-order valence-electron chi connectivity index (χ0n) is 18.5. The molecule has 1 amide bonds. The summed E-state index contributed by atoms with van der Waals surface area (Å²) in [5.41, 5.74) is 9.72. The fourth-order valence-corrected chi connectivity index (χ4v) is 3.38. The Kier molecular flexibility index (Phi) is 5.58. The summed E-state index contributed by atoms with van der Waals surface area (Å²) in [4.78, 5) is 13.0. The van der Waals surface area contributed by atoms with Crippen molar-refractivity contribution in [1.82, 2.24) is 30.7 Å². The van der Waals surface area contributed by atoms with Crippen molar-refractivity contribution in [3.05, 3.63) is 47.7 Å². The van der Waals surface area contributed by atoms with Gasteiger partial charge >= 0.3 is 0 Å². The number of nitrogens with zero attached hydrogens (tertiary/aromatic N) is 6. The molecule has 0 fully saturated rings. The predicted molar refractivity (Wildman–Crippen MR) is 120 cm³/mol. The number of carbonyl (C=O) groups is 1. The van der Waals surface area contributed by atoms with Crippen LogP contribution in [0.5, 0.6) is 23.0 Å². The van der Waals surface area contributed by atoms with Crippen LogP contribution in [0.4, 0.5) is 5.82 Å². The number of ether oxygens (including phenoxy) is 4. The highest BCUT2D eigenvalue weighted by molar-refractivity contribution is 5.99. The molecule has 2 aromatic carbocycles. The lowest BCUT2D eigenvalue weighted by Gasteiger charge is -2.07. The molecule has 1 aliphatic heterocycles. The van der Waals surface area contributed by atoms with Crippen LogP contribution in [0.25, 0.3) is 17.1 Å². The average molecular weight is 478 g/mol. The Bertz CT molecular complexity index is 1430. The van der Waals surface area contributed by atoms with Crippen LogP contribution in [-0.4, -0.2) is 58.4 Å². The number of nitrogen functional groups attached to an aromatic ring is 1. The molecule has 0 aliphatic carbocycles. The first-order valence-electron chi connectivity index (χ1n) is 10.1. The Morgan fingerprint density at radius 1 is 1.11 bits per heavy atom. The lowest BCUT2D eigenvalue weighted by Crippen LogP contribution is -2.19. The molecule has 14 heteroatoms. The first-order valence-corrected chi connectivity index (χ1v) is 10.1. The maximum atomic E-state index is 13.0. The van der Waals surface area contributed by atoms with Crippen LogP contribution in [0, 0.1) is 0 Å². The molecule has 178 valence electrons. The number of carbonyl (C=O) groups excluding carboxylic acids is 1. The van der Waals surface area contributed by atoms with Crippen LogP contribution < -0.4 is 30.1 Å². The Morgan fingerprint density at radius 3 is 2.71 bits per heavy atom. The zero-order valence-corrected chi connectivity index (χ0v) is 18.5. The Labute approximate surface area is 197 Å². The van der Waals surface area contributed by atoms with Gasteiger partial charge in [-0.1, -0.05) is 5.21 Å². The summed E-state index contributed by atoms with van der Waals surface area (Å²) < 4.78 is 27.2. The fraction of sp³-hybridized carbons (Fsp3) is 0.143. The van der Waals surface area contributed by atoms with Crippen molar-refractivity contribution in [3.8, 4) is 40.1 Å². The summed E-state index contributed by atoms with van der Waals surface area (Å²) in [5, 5.41) is 19.4. The van der Waals surface area contributed by atoms with E-state index in [1.807, 2.05) is 0 Å². The molecule has 3 N–H and O–H groups in total. The molecule has 0 saturated carbocycles. The van der Waals surface area contributed by atoms with E-state index in [0.717, 1.165) is 0 Å². The molecule has 0 saturated heterocycles. The van der Waals surface area contributed by atoms with Gasteiger partial charge in [-0.2, -0.15) is 9.78 Å². The number of hydrazone groups is 1. The van der Waals surface area contributed by atoms with Crippen molar-refractivity contribution in [3.63, 3.8) is 0 Å². The summed E-state index contributed by atoms with van der Waals surface area (Å²) in [7, 11) is 3.07. The molecule has 2 aromatic heterocycles. The van der Waals surface area contributed by atoms with Crippen LogP contribution in [0.15, 0.2) is 46.1 Å². The number of fused-ring (bicyclic) bond motifs is 1. The highest BCUT2D eigenvalue weighted by Crippen LogP contribution is 2.37. The smallest absolute Gasteiger partial charge is 0.294 e. The van der Waals surface area contributed by atoms with Gasteiger partial charge in [0.1, 0.15) is 5.69 Å². The second-order valence-electron chi connectivity index (χ2n) is 7.05. The van der Waals surface area contributed by atoms with Crippen LogP contribution in [0.2, 0.25) is 0 Å². The summed E-state index contributed by atoms with van der Waals surface area (Å²) in [6, 6.07) is 10.3. The maximum absolute atomic E-state index is 13.0. The van der Waals surface area contributed by atoms with E-state index < -0.39 is 5.91 Å². The second kappa shape index (κ2) is 9.01. The van der Waals surface area contributed by atoms with Crippen LogP contribution in [0.3, 0.4) is 0 Å². The molecule has 0 bridgehead atoms. The van der Waals surface area contributed by atoms with E-state index in [-0.39, 0.29) is 29.8 Å². The number of amides is 1. The Hall–Kier alpha value is -5.14. The number of nitrogens with one attached hydrogen (secondary N) is 1. The van der Waals surface area contributed by atoms with Crippen molar-refractivity contribution in [2.24, 2.45) is 5.10 Å². The molecule has 0 radical (unpaired) electrons. The van der Waals surface area contributed by atoms with Gasteiger partial charge in [-0.05, 0) is 52.3 Å². The number of nitrogens with two attached hydrogens (primary N) is 1. The number of methoxy groups -OCH3 is 2. The summed E-state index contributed by atoms with van der Waals surface area (Å²) in [5.74, 6) is 1.57. The molecule has 5 rings (SSSR count). The predicted octanol–water partition coefficient (Wildman–Crippen LogP) is 1.41. The van der Waals surface area contributed by atoms with Gasteiger partial charge in [0.2, 0.25) is 18.4 Å². The topological polar surface area (TPSA) is 174 Å². The van der Waals surface area contributed by atoms with Gasteiger partial charge in [0.15, 0.2) is 28.7 Å². The van der Waals surface area contributed by atoms with E-state index in [4.69, 9.17) is 24.7 Å². The van der Waals surface area contributed by atoms with Gasteiger partial charge in [0.05, 0.1) is 20.4 Å². The minimum atomic E-state index is -0.629. The van der Waals surface area contributed by atoms with Crippen molar-refractivity contribution >= 4 is 17.9 Å². The van der Waals surface area contributed by atoms with Crippen LogP contribution in [-0.2, 0) is 0 Å². The SMILES string of the molecule is COc1ccc(/C=N\NC(=O)c2nnn(-c3nonc3N)c2-c2ccc3c(c2)OCO3)cc1OC. The second-order valence-corrected chi connectivity index (χ2v) is 7.05. The van der Waals surface area contributed by atoms with Crippen molar-refractivity contribution < 1.29 is 28.4 Å². The molecule has 1 aliphatic rings. The summed E-state index contributed by atoms with van der Waals surface area (Å²) >= 11 is 0. The van der Waals surface area contributed by atoms with Gasteiger partial charge in [-0.3, -0.25) is 4.79 Å². The Balaban J connectivity index is 1.47. The highest BCUT2D eigenvalue weighted by Gasteiger charge is 2.26. The van der Waals surface area contributed by atoms with Crippen LogP contribution in [0.1, 0.15) is 16.1 Å². The van der Waals surface area contributed by atoms with E-state index in [9.17, 15) is 4.79 Å². The number of anilines is 1. The van der Waals surface area contributed by atoms with E-state index in [0.29, 0.717) is 34.1 Å². The molecule has 0 unspecified atom stereocenters. The standard InChI is InChI=1S/C21H18N8O6/c1-31-13-5-3-11(7-15(13)32-2)9-23-25-21(30)17-18(12-4-6-14-16(8-12)34-10-33-14)29(28-24-17)20-19(22)26-35-27-20/h3-9H,10H2,1-2H3,(H2,22,26)(H,25,30)/b23-9-. The lowest BCUT2D eigenvalue weighted by atomic mass is 10.1. The van der Waals surface area contributed by atoms with Crippen LogP contribution >= 0.6 is 0 Å². The number of aromatic nitrogens is 5. The minimum Gasteiger partial charge on any atom is -0.493 e. The van der Waals surface area contributed by atoms with E-state index >= 15 is 0 Å². The molecule has 0 atom stereocenters. The number of rotatable bonds is 7.